The van der Waals surface area contributed by atoms with E-state index in [0.29, 0.717) is 26.2 Å². The molecule has 0 bridgehead atoms. The fourth-order valence-corrected chi connectivity index (χ4v) is 4.02. The molecule has 1 aromatic carbocycles. The molecule has 0 aromatic heterocycles. The Morgan fingerprint density at radius 1 is 1.31 bits per heavy atom. The molecule has 7 nitrogen and oxygen atoms in total. The molecule has 1 saturated carbocycles. The topological polar surface area (TPSA) is 98.9 Å². The summed E-state index contributed by atoms with van der Waals surface area (Å²) in [7, 11) is 0. The van der Waals surface area contributed by atoms with Gasteiger partial charge in [0.15, 0.2) is 0 Å². The maximum Gasteiger partial charge on any atom is 0.230 e. The molecule has 160 valence electrons. The third kappa shape index (κ3) is 4.97. The summed E-state index contributed by atoms with van der Waals surface area (Å²) in [6.45, 7) is 9.12. The molecule has 7 heteroatoms. The van der Waals surface area contributed by atoms with E-state index < -0.39 is 5.60 Å². The molecule has 0 saturated heterocycles. The first-order valence-corrected chi connectivity index (χ1v) is 10.5. The van der Waals surface area contributed by atoms with Crippen LogP contribution in [0.5, 0.6) is 0 Å². The van der Waals surface area contributed by atoms with Gasteiger partial charge in [0.2, 0.25) is 11.8 Å². The zero-order valence-corrected chi connectivity index (χ0v) is 17.9. The van der Waals surface area contributed by atoms with Crippen LogP contribution in [0.1, 0.15) is 52.0 Å². The molecule has 2 aliphatic rings. The van der Waals surface area contributed by atoms with Gasteiger partial charge in [-0.25, -0.2) is 0 Å². The number of fused-ring (bicyclic) bond motifs is 1. The highest BCUT2D eigenvalue weighted by atomic mass is 16.3. The fraction of sp³-hybridized carbons (Fsp3) is 0.636. The molecule has 4 N–H and O–H groups in total. The number of benzene rings is 1. The van der Waals surface area contributed by atoms with Gasteiger partial charge in [-0.15, -0.1) is 0 Å². The third-order valence-corrected chi connectivity index (χ3v) is 5.67. The molecule has 0 spiro atoms. The molecule has 3 rings (SSSR count). The quantitative estimate of drug-likeness (QED) is 0.643. The summed E-state index contributed by atoms with van der Waals surface area (Å²) in [5, 5.41) is 13.2. The fourth-order valence-electron chi connectivity index (χ4n) is 4.02. The van der Waals surface area contributed by atoms with E-state index in [9.17, 15) is 14.7 Å². The number of amides is 2. The second-order valence-electron chi connectivity index (χ2n) is 9.09. The maximum absolute atomic E-state index is 12.9. The number of aliphatic hydroxyl groups is 1. The van der Waals surface area contributed by atoms with E-state index in [2.05, 4.69) is 5.32 Å². The molecule has 1 fully saturated rings. The van der Waals surface area contributed by atoms with Crippen molar-refractivity contribution in [3.05, 3.63) is 23.8 Å². The Hall–Kier alpha value is -1.96. The lowest BCUT2D eigenvalue weighted by Gasteiger charge is -2.41. The Balaban J connectivity index is 1.90. The van der Waals surface area contributed by atoms with Crippen molar-refractivity contribution >= 4 is 23.2 Å². The monoisotopic (exact) mass is 402 g/mol. The normalized spacial score (nSPS) is 20.4. The van der Waals surface area contributed by atoms with Crippen LogP contribution in [0.25, 0.3) is 0 Å². The molecular formula is C22H34N4O3. The summed E-state index contributed by atoms with van der Waals surface area (Å²) in [5.74, 6) is 0.294. The summed E-state index contributed by atoms with van der Waals surface area (Å²) in [5.41, 5.74) is 7.86. The third-order valence-electron chi connectivity index (χ3n) is 5.67. The van der Waals surface area contributed by atoms with Crippen molar-refractivity contribution in [3.8, 4) is 0 Å². The van der Waals surface area contributed by atoms with Gasteiger partial charge in [-0.1, -0.05) is 6.07 Å². The van der Waals surface area contributed by atoms with Gasteiger partial charge in [-0.3, -0.25) is 9.59 Å². The van der Waals surface area contributed by atoms with Crippen molar-refractivity contribution in [1.82, 2.24) is 5.32 Å². The van der Waals surface area contributed by atoms with Crippen LogP contribution in [0.15, 0.2) is 18.2 Å². The van der Waals surface area contributed by atoms with E-state index in [0.717, 1.165) is 29.8 Å². The molecule has 0 radical (unpaired) electrons. The van der Waals surface area contributed by atoms with Crippen molar-refractivity contribution in [2.75, 3.05) is 36.0 Å². The van der Waals surface area contributed by atoms with Crippen molar-refractivity contribution in [2.45, 2.75) is 58.1 Å². The minimum atomic E-state index is -0.791. The zero-order valence-electron chi connectivity index (χ0n) is 17.9. The minimum Gasteiger partial charge on any atom is -0.389 e. The average Bonchev–Trinajstić information content (AvgIpc) is 3.47. The lowest BCUT2D eigenvalue weighted by molar-refractivity contribution is -0.120. The number of carbonyl (C=O) groups excluding carboxylic acids is 2. The highest BCUT2D eigenvalue weighted by Gasteiger charge is 2.39. The van der Waals surface area contributed by atoms with Crippen LogP contribution in [0, 0.1) is 5.92 Å². The number of carbonyl (C=O) groups is 2. The Kier molecular flexibility index (Phi) is 6.31. The number of nitrogens with zero attached hydrogens (tertiary/aromatic N) is 2. The van der Waals surface area contributed by atoms with Gasteiger partial charge >= 0.3 is 0 Å². The molecular weight excluding hydrogens is 368 g/mol. The van der Waals surface area contributed by atoms with Gasteiger partial charge in [0.25, 0.3) is 0 Å². The predicted molar refractivity (Wildman–Crippen MR) is 115 cm³/mol. The Morgan fingerprint density at radius 2 is 2.00 bits per heavy atom. The van der Waals surface area contributed by atoms with Gasteiger partial charge in [0.05, 0.1) is 23.0 Å². The van der Waals surface area contributed by atoms with Gasteiger partial charge < -0.3 is 26.0 Å². The van der Waals surface area contributed by atoms with Gasteiger partial charge in [0.1, 0.15) is 0 Å². The second kappa shape index (κ2) is 8.42. The van der Waals surface area contributed by atoms with Gasteiger partial charge in [0, 0.05) is 44.9 Å². The Bertz CT molecular complexity index is 770. The van der Waals surface area contributed by atoms with Crippen molar-refractivity contribution < 1.29 is 14.7 Å². The predicted octanol–water partition coefficient (Wildman–Crippen LogP) is 1.59. The van der Waals surface area contributed by atoms with Gasteiger partial charge in [-0.05, 0) is 51.3 Å². The molecule has 1 heterocycles. The number of anilines is 2. The molecule has 1 unspecified atom stereocenters. The lowest BCUT2D eigenvalue weighted by Crippen LogP contribution is -2.51. The Labute approximate surface area is 173 Å². The van der Waals surface area contributed by atoms with Gasteiger partial charge in [-0.2, -0.15) is 0 Å². The number of rotatable bonds is 7. The first-order valence-electron chi connectivity index (χ1n) is 10.5. The van der Waals surface area contributed by atoms with E-state index in [1.54, 1.807) is 25.7 Å². The number of nitrogens with two attached hydrogens (primary N) is 1. The second-order valence-corrected chi connectivity index (χ2v) is 9.09. The SMILES string of the molecule is CC(=O)N1c2ccc(C(CN)CNCC(C)(C)O)cc2N(C(=O)C2CC2)C[C@@H]1C. The highest BCUT2D eigenvalue weighted by molar-refractivity contribution is 6.05. The van der Waals surface area contributed by atoms with Crippen LogP contribution in [0.2, 0.25) is 0 Å². The zero-order chi connectivity index (χ0) is 21.3. The van der Waals surface area contributed by atoms with E-state index in [1.165, 1.54) is 0 Å². The van der Waals surface area contributed by atoms with Crippen LogP contribution in [-0.4, -0.2) is 54.7 Å². The molecule has 2 atom stereocenters. The summed E-state index contributed by atoms with van der Waals surface area (Å²) in [6.07, 6.45) is 1.89. The summed E-state index contributed by atoms with van der Waals surface area (Å²) in [6, 6.07) is 5.89. The first kappa shape index (κ1) is 21.7. The molecule has 1 aliphatic heterocycles. The van der Waals surface area contributed by atoms with Crippen molar-refractivity contribution in [1.29, 1.82) is 0 Å². The number of nitrogens with one attached hydrogen (secondary N) is 1. The summed E-state index contributed by atoms with van der Waals surface area (Å²) in [4.78, 5) is 28.8. The standard InChI is InChI=1S/C22H34N4O3/c1-14-12-25(21(28)16-5-6-16)20-9-17(7-8-19(20)26(14)15(2)27)18(10-23)11-24-13-22(3,4)29/h7-9,14,16,18,24,29H,5-6,10-13,23H2,1-4H3/t14-,18?/m0/s1. The van der Waals surface area contributed by atoms with Crippen LogP contribution in [-0.2, 0) is 9.59 Å². The van der Waals surface area contributed by atoms with Crippen LogP contribution < -0.4 is 20.9 Å². The summed E-state index contributed by atoms with van der Waals surface area (Å²) < 4.78 is 0. The number of hydrogen-bond donors (Lipinski definition) is 3. The van der Waals surface area contributed by atoms with E-state index >= 15 is 0 Å². The largest absolute Gasteiger partial charge is 0.389 e. The van der Waals surface area contributed by atoms with Crippen LogP contribution >= 0.6 is 0 Å². The lowest BCUT2D eigenvalue weighted by atomic mass is 9.95. The minimum absolute atomic E-state index is 0.0211. The smallest absolute Gasteiger partial charge is 0.230 e. The molecule has 1 aromatic rings. The Morgan fingerprint density at radius 3 is 2.55 bits per heavy atom. The van der Waals surface area contributed by atoms with Crippen LogP contribution in [0.4, 0.5) is 11.4 Å². The van der Waals surface area contributed by atoms with Crippen molar-refractivity contribution in [2.24, 2.45) is 11.7 Å². The van der Waals surface area contributed by atoms with E-state index in [4.69, 9.17) is 5.73 Å². The van der Waals surface area contributed by atoms with E-state index in [-0.39, 0.29) is 29.7 Å². The number of hydrogen-bond acceptors (Lipinski definition) is 5. The molecule has 1 aliphatic carbocycles. The van der Waals surface area contributed by atoms with Crippen LogP contribution in [0.3, 0.4) is 0 Å². The first-order chi connectivity index (χ1) is 13.6. The molecule has 29 heavy (non-hydrogen) atoms. The highest BCUT2D eigenvalue weighted by Crippen LogP contribution is 2.41. The molecule has 2 amide bonds. The van der Waals surface area contributed by atoms with E-state index in [1.807, 2.05) is 30.0 Å². The average molecular weight is 403 g/mol. The summed E-state index contributed by atoms with van der Waals surface area (Å²) >= 11 is 0. The van der Waals surface area contributed by atoms with Crippen molar-refractivity contribution in [3.63, 3.8) is 0 Å². The maximum atomic E-state index is 12.9.